The zero-order valence-electron chi connectivity index (χ0n) is 10.9. The molecule has 0 radical (unpaired) electrons. The van der Waals surface area contributed by atoms with Crippen LogP contribution >= 0.6 is 0 Å². The molecule has 1 heterocycles. The number of hydrogen-bond acceptors (Lipinski definition) is 3. The maximum absolute atomic E-state index is 10.8. The molecule has 4 nitrogen and oxygen atoms in total. The molecule has 0 atom stereocenters. The molecule has 1 aliphatic carbocycles. The number of carbonyl (C=O) groups is 1. The Balaban J connectivity index is 1.52. The summed E-state index contributed by atoms with van der Waals surface area (Å²) < 4.78 is 0. The van der Waals surface area contributed by atoms with Crippen molar-refractivity contribution in [1.82, 2.24) is 15.5 Å². The Morgan fingerprint density at radius 3 is 2.53 bits per heavy atom. The lowest BCUT2D eigenvalue weighted by molar-refractivity contribution is -0.119. The SMILES string of the molecule is CC(=O)NCC1CCN(CCNC2CC2)CC1. The number of amides is 1. The van der Waals surface area contributed by atoms with Crippen LogP contribution in [0.1, 0.15) is 32.6 Å². The van der Waals surface area contributed by atoms with Gasteiger partial charge in [-0.15, -0.1) is 0 Å². The topological polar surface area (TPSA) is 44.4 Å². The van der Waals surface area contributed by atoms with Crippen LogP contribution in [-0.4, -0.2) is 49.6 Å². The van der Waals surface area contributed by atoms with Crippen molar-refractivity contribution in [3.05, 3.63) is 0 Å². The van der Waals surface area contributed by atoms with Crippen LogP contribution in [0, 0.1) is 5.92 Å². The highest BCUT2D eigenvalue weighted by atomic mass is 16.1. The highest BCUT2D eigenvalue weighted by Gasteiger charge is 2.22. The van der Waals surface area contributed by atoms with Gasteiger partial charge in [-0.2, -0.15) is 0 Å². The number of nitrogens with zero attached hydrogens (tertiary/aromatic N) is 1. The van der Waals surface area contributed by atoms with Crippen LogP contribution in [-0.2, 0) is 4.79 Å². The molecule has 2 N–H and O–H groups in total. The fourth-order valence-electron chi connectivity index (χ4n) is 2.42. The molecule has 17 heavy (non-hydrogen) atoms. The number of piperidine rings is 1. The number of rotatable bonds is 6. The quantitative estimate of drug-likeness (QED) is 0.713. The van der Waals surface area contributed by atoms with Gasteiger partial charge in [0, 0.05) is 32.6 Å². The predicted octanol–water partition coefficient (Wildman–Crippen LogP) is 0.587. The van der Waals surface area contributed by atoms with E-state index < -0.39 is 0 Å². The third-order valence-corrected chi connectivity index (χ3v) is 3.79. The Labute approximate surface area is 104 Å². The van der Waals surface area contributed by atoms with Crippen LogP contribution in [0.25, 0.3) is 0 Å². The van der Waals surface area contributed by atoms with E-state index in [9.17, 15) is 4.79 Å². The second-order valence-corrected chi connectivity index (χ2v) is 5.45. The molecular formula is C13H25N3O. The van der Waals surface area contributed by atoms with E-state index in [1.807, 2.05) is 0 Å². The van der Waals surface area contributed by atoms with Crippen molar-refractivity contribution in [2.45, 2.75) is 38.6 Å². The molecule has 1 aliphatic heterocycles. The smallest absolute Gasteiger partial charge is 0.216 e. The van der Waals surface area contributed by atoms with Gasteiger partial charge in [-0.05, 0) is 44.7 Å². The van der Waals surface area contributed by atoms with Gasteiger partial charge in [0.05, 0.1) is 0 Å². The Morgan fingerprint density at radius 1 is 1.24 bits per heavy atom. The van der Waals surface area contributed by atoms with E-state index in [-0.39, 0.29) is 5.91 Å². The Morgan fingerprint density at radius 2 is 1.94 bits per heavy atom. The first kappa shape index (κ1) is 12.8. The van der Waals surface area contributed by atoms with Crippen molar-refractivity contribution in [1.29, 1.82) is 0 Å². The maximum atomic E-state index is 10.8. The van der Waals surface area contributed by atoms with Crippen molar-refractivity contribution in [3.8, 4) is 0 Å². The lowest BCUT2D eigenvalue weighted by Gasteiger charge is -2.32. The number of nitrogens with one attached hydrogen (secondary N) is 2. The van der Waals surface area contributed by atoms with E-state index in [0.717, 1.165) is 19.1 Å². The summed E-state index contributed by atoms with van der Waals surface area (Å²) in [5.74, 6) is 0.785. The standard InChI is InChI=1S/C13H25N3O/c1-11(17)15-10-12-4-7-16(8-5-12)9-6-14-13-2-3-13/h12-14H,2-10H2,1H3,(H,15,17). The maximum Gasteiger partial charge on any atom is 0.216 e. The van der Waals surface area contributed by atoms with Crippen LogP contribution in [0.2, 0.25) is 0 Å². The summed E-state index contributed by atoms with van der Waals surface area (Å²) in [5.41, 5.74) is 0. The Hall–Kier alpha value is -0.610. The summed E-state index contributed by atoms with van der Waals surface area (Å²) >= 11 is 0. The van der Waals surface area contributed by atoms with Gasteiger partial charge in [0.15, 0.2) is 0 Å². The third-order valence-electron chi connectivity index (χ3n) is 3.79. The molecular weight excluding hydrogens is 214 g/mol. The van der Waals surface area contributed by atoms with Crippen LogP contribution < -0.4 is 10.6 Å². The second-order valence-electron chi connectivity index (χ2n) is 5.45. The monoisotopic (exact) mass is 239 g/mol. The van der Waals surface area contributed by atoms with Gasteiger partial charge in [-0.3, -0.25) is 4.79 Å². The van der Waals surface area contributed by atoms with Gasteiger partial charge in [0.25, 0.3) is 0 Å². The lowest BCUT2D eigenvalue weighted by Crippen LogP contribution is -2.41. The van der Waals surface area contributed by atoms with Crippen LogP contribution in [0.5, 0.6) is 0 Å². The van der Waals surface area contributed by atoms with Crippen molar-refractivity contribution in [2.24, 2.45) is 5.92 Å². The van der Waals surface area contributed by atoms with E-state index in [2.05, 4.69) is 15.5 Å². The third kappa shape index (κ3) is 5.04. The zero-order chi connectivity index (χ0) is 12.1. The van der Waals surface area contributed by atoms with E-state index in [0.29, 0.717) is 5.92 Å². The first-order valence-corrected chi connectivity index (χ1v) is 6.94. The normalized spacial score (nSPS) is 22.6. The molecule has 1 amide bonds. The van der Waals surface area contributed by atoms with E-state index in [1.54, 1.807) is 6.92 Å². The van der Waals surface area contributed by atoms with Gasteiger partial charge in [0.1, 0.15) is 0 Å². The van der Waals surface area contributed by atoms with Crippen molar-refractivity contribution in [3.63, 3.8) is 0 Å². The summed E-state index contributed by atoms with van der Waals surface area (Å²) in [5, 5.41) is 6.48. The molecule has 2 rings (SSSR count). The Kier molecular flexibility index (Phi) is 4.80. The van der Waals surface area contributed by atoms with E-state index >= 15 is 0 Å². The van der Waals surface area contributed by atoms with E-state index in [1.165, 1.54) is 45.3 Å². The predicted molar refractivity (Wildman–Crippen MR) is 68.9 cm³/mol. The van der Waals surface area contributed by atoms with Gasteiger partial charge in [-0.1, -0.05) is 0 Å². The first-order valence-electron chi connectivity index (χ1n) is 6.94. The molecule has 0 aromatic carbocycles. The fourth-order valence-corrected chi connectivity index (χ4v) is 2.42. The van der Waals surface area contributed by atoms with Crippen LogP contribution in [0.15, 0.2) is 0 Å². The number of carbonyl (C=O) groups excluding carboxylic acids is 1. The highest BCUT2D eigenvalue weighted by Crippen LogP contribution is 2.19. The van der Waals surface area contributed by atoms with Gasteiger partial charge < -0.3 is 15.5 Å². The highest BCUT2D eigenvalue weighted by molar-refractivity contribution is 5.72. The van der Waals surface area contributed by atoms with Gasteiger partial charge in [0.2, 0.25) is 5.91 Å². The van der Waals surface area contributed by atoms with Crippen molar-refractivity contribution >= 4 is 5.91 Å². The molecule has 1 saturated carbocycles. The lowest BCUT2D eigenvalue weighted by atomic mass is 9.97. The minimum Gasteiger partial charge on any atom is -0.356 e. The van der Waals surface area contributed by atoms with E-state index in [4.69, 9.17) is 0 Å². The molecule has 1 saturated heterocycles. The van der Waals surface area contributed by atoms with Crippen LogP contribution in [0.3, 0.4) is 0 Å². The fraction of sp³-hybridized carbons (Fsp3) is 0.923. The molecule has 0 spiro atoms. The molecule has 98 valence electrons. The first-order chi connectivity index (χ1) is 8.24. The summed E-state index contributed by atoms with van der Waals surface area (Å²) in [6, 6.07) is 0.826. The molecule has 4 heteroatoms. The van der Waals surface area contributed by atoms with Gasteiger partial charge >= 0.3 is 0 Å². The molecule has 0 bridgehead atoms. The summed E-state index contributed by atoms with van der Waals surface area (Å²) in [4.78, 5) is 13.4. The molecule has 2 fully saturated rings. The molecule has 0 aromatic rings. The second kappa shape index (κ2) is 6.36. The minimum atomic E-state index is 0.0982. The molecule has 0 unspecified atom stereocenters. The average Bonchev–Trinajstić information content (AvgIpc) is 3.12. The average molecular weight is 239 g/mol. The zero-order valence-corrected chi connectivity index (χ0v) is 10.9. The van der Waals surface area contributed by atoms with Crippen LogP contribution in [0.4, 0.5) is 0 Å². The van der Waals surface area contributed by atoms with Crippen molar-refractivity contribution in [2.75, 3.05) is 32.7 Å². The summed E-state index contributed by atoms with van der Waals surface area (Å²) in [6.07, 6.45) is 5.20. The molecule has 2 aliphatic rings. The summed E-state index contributed by atoms with van der Waals surface area (Å²) in [7, 11) is 0. The number of likely N-dealkylation sites (tertiary alicyclic amines) is 1. The van der Waals surface area contributed by atoms with Gasteiger partial charge in [-0.25, -0.2) is 0 Å². The minimum absolute atomic E-state index is 0.0982. The molecule has 0 aromatic heterocycles. The van der Waals surface area contributed by atoms with Crippen molar-refractivity contribution < 1.29 is 4.79 Å². The largest absolute Gasteiger partial charge is 0.356 e. The Bertz CT molecular complexity index is 245. The summed E-state index contributed by atoms with van der Waals surface area (Å²) in [6.45, 7) is 7.17. The number of hydrogen-bond donors (Lipinski definition) is 2.